The van der Waals surface area contributed by atoms with E-state index < -0.39 is 0 Å². The zero-order chi connectivity index (χ0) is 17.1. The third-order valence-corrected chi connectivity index (χ3v) is 5.08. The molecule has 3 rings (SSSR count). The number of nitrogen functional groups attached to an aromatic ring is 1. The molecule has 124 valence electrons. The predicted octanol–water partition coefficient (Wildman–Crippen LogP) is 4.17. The van der Waals surface area contributed by atoms with Crippen molar-refractivity contribution >= 4 is 23.4 Å². The van der Waals surface area contributed by atoms with Crippen molar-refractivity contribution in [2.24, 2.45) is 0 Å². The van der Waals surface area contributed by atoms with Crippen LogP contribution in [0.15, 0.2) is 53.7 Å². The maximum atomic E-state index is 6.26. The predicted molar refractivity (Wildman–Crippen MR) is 97.9 cm³/mol. The Hall–Kier alpha value is -2.18. The number of methoxy groups -OCH3 is 1. The van der Waals surface area contributed by atoms with E-state index in [0.717, 1.165) is 16.1 Å². The molecule has 1 aromatic heterocycles. The Morgan fingerprint density at radius 3 is 2.58 bits per heavy atom. The van der Waals surface area contributed by atoms with Crippen molar-refractivity contribution in [3.05, 3.63) is 59.1 Å². The van der Waals surface area contributed by atoms with Crippen molar-refractivity contribution in [2.75, 3.05) is 13.0 Å². The first-order valence-corrected chi connectivity index (χ1v) is 8.62. The highest BCUT2D eigenvalue weighted by molar-refractivity contribution is 7.99. The van der Waals surface area contributed by atoms with E-state index in [-0.39, 0.29) is 5.25 Å². The van der Waals surface area contributed by atoms with Crippen molar-refractivity contribution in [1.82, 2.24) is 14.9 Å². The summed E-state index contributed by atoms with van der Waals surface area (Å²) in [4.78, 5) is 0. The molecule has 1 heterocycles. The molecule has 0 bridgehead atoms. The SMILES string of the molecule is COc1ccccc1-c1nnc(S[C@@H](C)c2ccccc2Cl)n1N. The molecule has 0 saturated carbocycles. The van der Waals surface area contributed by atoms with E-state index in [0.29, 0.717) is 16.7 Å². The summed E-state index contributed by atoms with van der Waals surface area (Å²) in [6.07, 6.45) is 0. The van der Waals surface area contributed by atoms with Crippen LogP contribution in [0.25, 0.3) is 11.4 Å². The van der Waals surface area contributed by atoms with E-state index in [2.05, 4.69) is 17.1 Å². The maximum Gasteiger partial charge on any atom is 0.210 e. The fraction of sp³-hybridized carbons (Fsp3) is 0.176. The van der Waals surface area contributed by atoms with Crippen molar-refractivity contribution in [3.8, 4) is 17.1 Å². The molecule has 0 aliphatic heterocycles. The molecule has 0 amide bonds. The number of thioether (sulfide) groups is 1. The number of nitrogens with zero attached hydrogens (tertiary/aromatic N) is 3. The summed E-state index contributed by atoms with van der Waals surface area (Å²) in [5.74, 6) is 7.46. The van der Waals surface area contributed by atoms with E-state index in [4.69, 9.17) is 22.2 Å². The second kappa shape index (κ2) is 7.15. The topological polar surface area (TPSA) is 66.0 Å². The third-order valence-electron chi connectivity index (χ3n) is 3.64. The maximum absolute atomic E-state index is 6.26. The summed E-state index contributed by atoms with van der Waals surface area (Å²) >= 11 is 7.77. The molecule has 0 unspecified atom stereocenters. The zero-order valence-corrected chi connectivity index (χ0v) is 14.9. The number of ether oxygens (including phenoxy) is 1. The molecule has 0 aliphatic rings. The van der Waals surface area contributed by atoms with Gasteiger partial charge in [-0.3, -0.25) is 0 Å². The van der Waals surface area contributed by atoms with Crippen LogP contribution in [-0.2, 0) is 0 Å². The van der Waals surface area contributed by atoms with Crippen LogP contribution in [0.3, 0.4) is 0 Å². The monoisotopic (exact) mass is 360 g/mol. The van der Waals surface area contributed by atoms with E-state index in [9.17, 15) is 0 Å². The van der Waals surface area contributed by atoms with Crippen LogP contribution < -0.4 is 10.6 Å². The number of halogens is 1. The first-order valence-electron chi connectivity index (χ1n) is 7.36. The summed E-state index contributed by atoms with van der Waals surface area (Å²) in [7, 11) is 1.62. The van der Waals surface area contributed by atoms with E-state index >= 15 is 0 Å². The summed E-state index contributed by atoms with van der Waals surface area (Å²) in [5, 5.41) is 9.87. The van der Waals surface area contributed by atoms with Crippen molar-refractivity contribution in [3.63, 3.8) is 0 Å². The van der Waals surface area contributed by atoms with Crippen LogP contribution >= 0.6 is 23.4 Å². The Balaban J connectivity index is 1.89. The standard InChI is InChI=1S/C17H17ClN4OS/c1-11(12-7-3-5-9-14(12)18)24-17-21-20-16(22(17)19)13-8-4-6-10-15(13)23-2/h3-11H,19H2,1-2H3/t11-/m0/s1. The van der Waals surface area contributed by atoms with E-state index in [1.54, 1.807) is 7.11 Å². The van der Waals surface area contributed by atoms with Crippen LogP contribution in [-0.4, -0.2) is 22.0 Å². The van der Waals surface area contributed by atoms with Crippen LogP contribution in [0.4, 0.5) is 0 Å². The van der Waals surface area contributed by atoms with E-state index in [1.165, 1.54) is 16.4 Å². The highest BCUT2D eigenvalue weighted by atomic mass is 35.5. The van der Waals surface area contributed by atoms with Gasteiger partial charge in [-0.1, -0.05) is 53.7 Å². The van der Waals surface area contributed by atoms with Gasteiger partial charge < -0.3 is 10.6 Å². The van der Waals surface area contributed by atoms with Gasteiger partial charge in [0.15, 0.2) is 5.82 Å². The first-order chi connectivity index (χ1) is 11.6. The van der Waals surface area contributed by atoms with Crippen molar-refractivity contribution < 1.29 is 4.74 Å². The fourth-order valence-corrected chi connectivity index (χ4v) is 3.70. The second-order valence-electron chi connectivity index (χ2n) is 5.16. The Kier molecular flexibility index (Phi) is 4.97. The fourth-order valence-electron chi connectivity index (χ4n) is 2.40. The molecule has 0 saturated heterocycles. The largest absolute Gasteiger partial charge is 0.496 e. The molecule has 0 aliphatic carbocycles. The molecule has 24 heavy (non-hydrogen) atoms. The van der Waals surface area contributed by atoms with Gasteiger partial charge >= 0.3 is 0 Å². The van der Waals surface area contributed by atoms with Gasteiger partial charge in [-0.2, -0.15) is 0 Å². The average Bonchev–Trinajstić information content (AvgIpc) is 2.95. The number of hydrogen-bond acceptors (Lipinski definition) is 5. The first kappa shape index (κ1) is 16.7. The molecular weight excluding hydrogens is 344 g/mol. The van der Waals surface area contributed by atoms with Gasteiger partial charge in [-0.25, -0.2) is 4.68 Å². The minimum Gasteiger partial charge on any atom is -0.496 e. The minimum atomic E-state index is 0.0933. The Labute approximate surface area is 149 Å². The average molecular weight is 361 g/mol. The van der Waals surface area contributed by atoms with Gasteiger partial charge in [-0.05, 0) is 30.7 Å². The molecule has 3 aromatic rings. The quantitative estimate of drug-likeness (QED) is 0.546. The Bertz CT molecular complexity index is 852. The molecule has 0 spiro atoms. The van der Waals surface area contributed by atoms with Crippen LogP contribution in [0.1, 0.15) is 17.7 Å². The van der Waals surface area contributed by atoms with Crippen LogP contribution in [0, 0.1) is 0 Å². The zero-order valence-electron chi connectivity index (χ0n) is 13.3. The third kappa shape index (κ3) is 3.20. The lowest BCUT2D eigenvalue weighted by Gasteiger charge is -2.13. The van der Waals surface area contributed by atoms with Crippen LogP contribution in [0.5, 0.6) is 5.75 Å². The normalized spacial score (nSPS) is 12.1. The van der Waals surface area contributed by atoms with Gasteiger partial charge in [0, 0.05) is 10.3 Å². The Morgan fingerprint density at radius 1 is 1.12 bits per heavy atom. The summed E-state index contributed by atoms with van der Waals surface area (Å²) in [6.45, 7) is 2.06. The van der Waals surface area contributed by atoms with Crippen molar-refractivity contribution in [2.45, 2.75) is 17.3 Å². The number of nitrogens with two attached hydrogens (primary N) is 1. The van der Waals surface area contributed by atoms with Gasteiger partial charge in [0.1, 0.15) is 5.75 Å². The number of aromatic nitrogens is 3. The Morgan fingerprint density at radius 2 is 1.83 bits per heavy atom. The molecule has 2 N–H and O–H groups in total. The van der Waals surface area contributed by atoms with Gasteiger partial charge in [0.2, 0.25) is 5.16 Å². The minimum absolute atomic E-state index is 0.0933. The highest BCUT2D eigenvalue weighted by Crippen LogP contribution is 2.38. The number of rotatable bonds is 5. The van der Waals surface area contributed by atoms with Crippen molar-refractivity contribution in [1.29, 1.82) is 0 Å². The highest BCUT2D eigenvalue weighted by Gasteiger charge is 2.19. The molecule has 0 radical (unpaired) electrons. The molecular formula is C17H17ClN4OS. The molecule has 0 fully saturated rings. The van der Waals surface area contributed by atoms with E-state index in [1.807, 2.05) is 48.5 Å². The molecule has 7 heteroatoms. The summed E-state index contributed by atoms with van der Waals surface area (Å²) in [5.41, 5.74) is 1.83. The summed E-state index contributed by atoms with van der Waals surface area (Å²) in [6, 6.07) is 15.3. The number of hydrogen-bond donors (Lipinski definition) is 1. The van der Waals surface area contributed by atoms with Gasteiger partial charge in [0.25, 0.3) is 0 Å². The lowest BCUT2D eigenvalue weighted by molar-refractivity contribution is 0.416. The lowest BCUT2D eigenvalue weighted by Crippen LogP contribution is -2.12. The smallest absolute Gasteiger partial charge is 0.210 e. The molecule has 5 nitrogen and oxygen atoms in total. The molecule has 2 aromatic carbocycles. The number of benzene rings is 2. The lowest BCUT2D eigenvalue weighted by atomic mass is 10.2. The second-order valence-corrected chi connectivity index (χ2v) is 6.87. The number of para-hydroxylation sites is 1. The molecule has 1 atom stereocenters. The van der Waals surface area contributed by atoms with Gasteiger partial charge in [-0.15, -0.1) is 10.2 Å². The van der Waals surface area contributed by atoms with Crippen LogP contribution in [0.2, 0.25) is 5.02 Å². The van der Waals surface area contributed by atoms with Gasteiger partial charge in [0.05, 0.1) is 12.7 Å². The summed E-state index contributed by atoms with van der Waals surface area (Å²) < 4.78 is 6.85.